The van der Waals surface area contributed by atoms with Crippen LogP contribution in [0.25, 0.3) is 5.70 Å². The number of nitrogens with one attached hydrogen (secondary N) is 4. The van der Waals surface area contributed by atoms with Crippen molar-refractivity contribution in [1.82, 2.24) is 31.3 Å². The number of ether oxygens (including phenoxy) is 1. The number of piperazine rings is 1. The van der Waals surface area contributed by atoms with Gasteiger partial charge in [-0.1, -0.05) is 47.5 Å². The van der Waals surface area contributed by atoms with E-state index < -0.39 is 6.29 Å². The fourth-order valence-electron chi connectivity index (χ4n) is 3.81. The van der Waals surface area contributed by atoms with Crippen molar-refractivity contribution in [3.8, 4) is 5.75 Å². The molecule has 2 aromatic rings. The van der Waals surface area contributed by atoms with Gasteiger partial charge in [-0.05, 0) is 37.4 Å². The number of para-hydroxylation sites is 1. The lowest BCUT2D eigenvalue weighted by molar-refractivity contribution is 0.210. The second-order valence-electron chi connectivity index (χ2n) is 8.21. The molecule has 178 valence electrons. The Morgan fingerprint density at radius 2 is 1.79 bits per heavy atom. The van der Waals surface area contributed by atoms with Gasteiger partial charge in [-0.3, -0.25) is 10.6 Å². The Morgan fingerprint density at radius 1 is 1.00 bits per heavy atom. The van der Waals surface area contributed by atoms with Crippen molar-refractivity contribution in [2.24, 2.45) is 9.98 Å². The number of hydrazine groups is 1. The summed E-state index contributed by atoms with van der Waals surface area (Å²) in [7, 11) is 2.12. The largest absolute Gasteiger partial charge is 0.426 e. The molecule has 0 spiro atoms. The van der Waals surface area contributed by atoms with E-state index in [2.05, 4.69) is 43.3 Å². The fraction of sp³-hybridized carbons (Fsp3) is 0.304. The van der Waals surface area contributed by atoms with E-state index in [0.717, 1.165) is 43.4 Å². The van der Waals surface area contributed by atoms with E-state index in [9.17, 15) is 0 Å². The van der Waals surface area contributed by atoms with Crippen LogP contribution in [-0.2, 0) is 0 Å². The van der Waals surface area contributed by atoms with Gasteiger partial charge in [0.2, 0.25) is 12.2 Å². The molecule has 0 aromatic heterocycles. The lowest BCUT2D eigenvalue weighted by Crippen LogP contribution is -2.57. The zero-order chi connectivity index (χ0) is 23.5. The first-order valence-electron chi connectivity index (χ1n) is 11.1. The molecule has 0 amide bonds. The summed E-state index contributed by atoms with van der Waals surface area (Å²) in [5, 5.41) is 7.68. The highest BCUT2D eigenvalue weighted by Gasteiger charge is 2.27. The molecular weight excluding hydrogens is 475 g/mol. The van der Waals surface area contributed by atoms with Crippen molar-refractivity contribution in [3.63, 3.8) is 0 Å². The summed E-state index contributed by atoms with van der Waals surface area (Å²) in [5.74, 6) is 1.45. The molecule has 5 rings (SSSR count). The second kappa shape index (κ2) is 10.2. The first kappa shape index (κ1) is 22.9. The van der Waals surface area contributed by atoms with Crippen molar-refractivity contribution < 1.29 is 4.74 Å². The van der Waals surface area contributed by atoms with Gasteiger partial charge in [-0.25, -0.2) is 10.4 Å². The molecule has 11 heteroatoms. The minimum Gasteiger partial charge on any atom is -0.426 e. The molecule has 2 unspecified atom stereocenters. The monoisotopic (exact) mass is 500 g/mol. The van der Waals surface area contributed by atoms with Gasteiger partial charge in [-0.2, -0.15) is 4.99 Å². The molecular formula is C23H26Cl2N8O. The maximum absolute atomic E-state index is 6.18. The summed E-state index contributed by atoms with van der Waals surface area (Å²) < 4.78 is 6.01. The van der Waals surface area contributed by atoms with Crippen molar-refractivity contribution in [2.45, 2.75) is 12.5 Å². The van der Waals surface area contributed by atoms with Gasteiger partial charge in [0.15, 0.2) is 0 Å². The first-order chi connectivity index (χ1) is 16.5. The highest BCUT2D eigenvalue weighted by atomic mass is 35.5. The molecule has 9 nitrogen and oxygen atoms in total. The van der Waals surface area contributed by atoms with E-state index in [1.54, 1.807) is 6.07 Å². The Hall–Kier alpha value is -2.82. The summed E-state index contributed by atoms with van der Waals surface area (Å²) in [5.41, 5.74) is 8.19. The number of rotatable bonds is 4. The van der Waals surface area contributed by atoms with Gasteiger partial charge in [0.25, 0.3) is 6.02 Å². The zero-order valence-corrected chi connectivity index (χ0v) is 20.1. The minimum atomic E-state index is -0.543. The van der Waals surface area contributed by atoms with Crippen LogP contribution in [0.3, 0.4) is 0 Å². The average molecular weight is 501 g/mol. The zero-order valence-electron chi connectivity index (χ0n) is 18.6. The molecule has 4 N–H and O–H groups in total. The Kier molecular flexibility index (Phi) is 6.89. The summed E-state index contributed by atoms with van der Waals surface area (Å²) in [6.45, 7) is 3.68. The number of halogens is 2. The minimum absolute atomic E-state index is 0.216. The van der Waals surface area contributed by atoms with Gasteiger partial charge in [0.1, 0.15) is 5.75 Å². The Bertz CT molecular complexity index is 1120. The molecule has 1 fully saturated rings. The summed E-state index contributed by atoms with van der Waals surface area (Å²) >= 11 is 12.2. The van der Waals surface area contributed by atoms with Crippen LogP contribution in [0, 0.1) is 0 Å². The molecule has 2 aromatic carbocycles. The van der Waals surface area contributed by atoms with Crippen molar-refractivity contribution in [3.05, 3.63) is 70.2 Å². The maximum atomic E-state index is 6.18. The normalized spacial score (nSPS) is 22.9. The van der Waals surface area contributed by atoms with E-state index in [0.29, 0.717) is 21.8 Å². The number of likely N-dealkylation sites (N-methyl/N-ethyl adjacent to an activating group) is 1. The highest BCUT2D eigenvalue weighted by molar-refractivity contribution is 6.42. The van der Waals surface area contributed by atoms with Crippen molar-refractivity contribution in [1.29, 1.82) is 0 Å². The fourth-order valence-corrected chi connectivity index (χ4v) is 4.11. The molecule has 3 aliphatic rings. The van der Waals surface area contributed by atoms with Crippen LogP contribution in [0.4, 0.5) is 0 Å². The van der Waals surface area contributed by atoms with E-state index in [1.807, 2.05) is 48.5 Å². The van der Waals surface area contributed by atoms with Gasteiger partial charge >= 0.3 is 0 Å². The van der Waals surface area contributed by atoms with E-state index in [-0.39, 0.29) is 6.17 Å². The molecule has 1 saturated heterocycles. The van der Waals surface area contributed by atoms with Crippen LogP contribution in [0.15, 0.2) is 64.6 Å². The Morgan fingerprint density at radius 3 is 2.56 bits per heavy atom. The number of guanidine groups is 1. The third-order valence-corrected chi connectivity index (χ3v) is 6.46. The van der Waals surface area contributed by atoms with Gasteiger partial charge in [0, 0.05) is 31.7 Å². The number of benzene rings is 2. The molecule has 0 bridgehead atoms. The standard InChI is InChI=1S/C23H26Cl2N8O/c1-32-9-11-33(12-10-32)22-27-21(28-23(29-22)34-16-5-3-2-4-6-16)26-20-14-19(30-31-20)15-7-8-17(24)18(25)13-15/h2-8,13-14,20-21,26,30-31H,9-12H2,1H3,(H,27,28,29). The molecule has 3 aliphatic heterocycles. The van der Waals surface area contributed by atoms with Crippen LogP contribution in [0.1, 0.15) is 5.56 Å². The number of amidine groups is 1. The third kappa shape index (κ3) is 5.45. The lowest BCUT2D eigenvalue weighted by atomic mass is 10.1. The summed E-state index contributed by atoms with van der Waals surface area (Å²) in [4.78, 5) is 14.0. The van der Waals surface area contributed by atoms with Crippen LogP contribution >= 0.6 is 23.2 Å². The van der Waals surface area contributed by atoms with E-state index in [4.69, 9.17) is 32.9 Å². The first-order valence-corrected chi connectivity index (χ1v) is 11.8. The summed E-state index contributed by atoms with van der Waals surface area (Å²) in [6.07, 6.45) is 1.25. The van der Waals surface area contributed by atoms with Crippen molar-refractivity contribution in [2.75, 3.05) is 33.2 Å². The highest BCUT2D eigenvalue weighted by Crippen LogP contribution is 2.26. The molecule has 0 saturated carbocycles. The smallest absolute Gasteiger partial charge is 0.300 e. The molecule has 0 radical (unpaired) electrons. The summed E-state index contributed by atoms with van der Waals surface area (Å²) in [6, 6.07) is 15.5. The van der Waals surface area contributed by atoms with Gasteiger partial charge in [-0.15, -0.1) is 0 Å². The maximum Gasteiger partial charge on any atom is 0.300 e. The van der Waals surface area contributed by atoms with Crippen molar-refractivity contribution >= 4 is 40.9 Å². The third-order valence-electron chi connectivity index (χ3n) is 5.72. The number of hydrogen-bond acceptors (Lipinski definition) is 9. The Balaban J connectivity index is 1.33. The van der Waals surface area contributed by atoms with Gasteiger partial charge < -0.3 is 20.0 Å². The van der Waals surface area contributed by atoms with E-state index >= 15 is 0 Å². The lowest BCUT2D eigenvalue weighted by Gasteiger charge is -2.36. The van der Waals surface area contributed by atoms with Crippen LogP contribution in [-0.4, -0.2) is 67.5 Å². The van der Waals surface area contributed by atoms with E-state index in [1.165, 1.54) is 0 Å². The predicted molar refractivity (Wildman–Crippen MR) is 136 cm³/mol. The van der Waals surface area contributed by atoms with Gasteiger partial charge in [0.05, 0.1) is 21.9 Å². The quantitative estimate of drug-likeness (QED) is 0.512. The Labute approximate surface area is 208 Å². The number of hydrogen-bond donors (Lipinski definition) is 4. The second-order valence-corrected chi connectivity index (χ2v) is 9.03. The predicted octanol–water partition coefficient (Wildman–Crippen LogP) is 2.28. The number of nitrogens with zero attached hydrogens (tertiary/aromatic N) is 4. The topological polar surface area (TPSA) is 88.5 Å². The average Bonchev–Trinajstić information content (AvgIpc) is 3.30. The molecule has 34 heavy (non-hydrogen) atoms. The van der Waals surface area contributed by atoms with Crippen LogP contribution in [0.2, 0.25) is 10.0 Å². The molecule has 3 heterocycles. The van der Waals surface area contributed by atoms with Crippen LogP contribution in [0.5, 0.6) is 5.75 Å². The molecule has 0 aliphatic carbocycles. The number of aliphatic imine (C=N–C) groups is 2. The van der Waals surface area contributed by atoms with Crippen LogP contribution < -0.4 is 26.2 Å². The SMILES string of the molecule is CN1CCN(C2=NC(NC3C=C(c4ccc(Cl)c(Cl)c4)NN3)N=C(Oc3ccccc3)N2)CC1. The molecule has 2 atom stereocenters.